The number of carboxylic acids is 1. The van der Waals surface area contributed by atoms with Crippen LogP contribution in [0.4, 0.5) is 0 Å². The Morgan fingerprint density at radius 2 is 1.95 bits per heavy atom. The van der Waals surface area contributed by atoms with Gasteiger partial charge in [-0.05, 0) is 42.5 Å². The second kappa shape index (κ2) is 7.07. The molecule has 0 heterocycles. The standard InChI is InChI=1S/C16H22BrNO3/c1-10-7-11(5-6-13(10)17)15(21)18-12(8-14(19)20)9-16(2,3)4/h5-7,12H,8-9H2,1-4H3,(H,18,21)(H,19,20). The molecular formula is C16H22BrNO3. The molecule has 1 unspecified atom stereocenters. The van der Waals surface area contributed by atoms with Crippen LogP contribution < -0.4 is 5.32 Å². The number of aryl methyl sites for hydroxylation is 1. The van der Waals surface area contributed by atoms with E-state index < -0.39 is 5.97 Å². The highest BCUT2D eigenvalue weighted by atomic mass is 79.9. The average molecular weight is 356 g/mol. The monoisotopic (exact) mass is 355 g/mol. The summed E-state index contributed by atoms with van der Waals surface area (Å²) in [6.45, 7) is 7.98. The normalized spacial score (nSPS) is 12.8. The molecule has 1 rings (SSSR count). The number of hydrogen-bond acceptors (Lipinski definition) is 2. The number of hydrogen-bond donors (Lipinski definition) is 2. The van der Waals surface area contributed by atoms with E-state index in [-0.39, 0.29) is 23.8 Å². The van der Waals surface area contributed by atoms with Gasteiger partial charge in [0.2, 0.25) is 0 Å². The Kier molecular flexibility index (Phi) is 5.96. The van der Waals surface area contributed by atoms with Crippen molar-refractivity contribution in [2.45, 2.75) is 46.6 Å². The van der Waals surface area contributed by atoms with Crippen molar-refractivity contribution in [2.75, 3.05) is 0 Å². The molecule has 0 aliphatic carbocycles. The Hall–Kier alpha value is -1.36. The first-order valence-electron chi connectivity index (χ1n) is 6.87. The zero-order valence-corrected chi connectivity index (χ0v) is 14.5. The molecule has 116 valence electrons. The summed E-state index contributed by atoms with van der Waals surface area (Å²) < 4.78 is 0.941. The summed E-state index contributed by atoms with van der Waals surface area (Å²) in [5.41, 5.74) is 1.46. The van der Waals surface area contributed by atoms with Crippen molar-refractivity contribution >= 4 is 27.8 Å². The molecule has 0 saturated heterocycles. The summed E-state index contributed by atoms with van der Waals surface area (Å²) in [4.78, 5) is 23.2. The molecule has 1 atom stereocenters. The first kappa shape index (κ1) is 17.7. The predicted octanol–water partition coefficient (Wildman–Crippen LogP) is 3.77. The number of rotatable bonds is 5. The maximum atomic E-state index is 12.3. The number of aliphatic carboxylic acids is 1. The minimum absolute atomic E-state index is 0.0526. The van der Waals surface area contributed by atoms with Crippen LogP contribution in [0.3, 0.4) is 0 Å². The van der Waals surface area contributed by atoms with Crippen molar-refractivity contribution in [1.82, 2.24) is 5.32 Å². The molecule has 0 aliphatic rings. The van der Waals surface area contributed by atoms with E-state index in [1.165, 1.54) is 0 Å². The van der Waals surface area contributed by atoms with Gasteiger partial charge in [-0.1, -0.05) is 36.7 Å². The maximum absolute atomic E-state index is 12.3. The van der Waals surface area contributed by atoms with E-state index in [1.54, 1.807) is 12.1 Å². The molecule has 0 spiro atoms. The largest absolute Gasteiger partial charge is 0.481 e. The molecule has 4 nitrogen and oxygen atoms in total. The molecule has 0 bridgehead atoms. The van der Waals surface area contributed by atoms with Gasteiger partial charge in [0, 0.05) is 16.1 Å². The summed E-state index contributed by atoms with van der Waals surface area (Å²) in [6.07, 6.45) is 0.541. The van der Waals surface area contributed by atoms with Gasteiger partial charge in [0.1, 0.15) is 0 Å². The summed E-state index contributed by atoms with van der Waals surface area (Å²) in [5, 5.41) is 11.8. The molecular weight excluding hydrogens is 334 g/mol. The quantitative estimate of drug-likeness (QED) is 0.844. The zero-order valence-electron chi connectivity index (χ0n) is 12.9. The molecule has 0 saturated carbocycles. The number of carboxylic acid groups (broad SMARTS) is 1. The van der Waals surface area contributed by atoms with Crippen molar-refractivity contribution in [2.24, 2.45) is 5.41 Å². The van der Waals surface area contributed by atoms with Gasteiger partial charge in [-0.15, -0.1) is 0 Å². The number of amides is 1. The lowest BCUT2D eigenvalue weighted by atomic mass is 9.87. The van der Waals surface area contributed by atoms with Gasteiger partial charge in [-0.25, -0.2) is 0 Å². The van der Waals surface area contributed by atoms with Crippen LogP contribution >= 0.6 is 15.9 Å². The third-order valence-corrected chi connectivity index (χ3v) is 3.92. The van der Waals surface area contributed by atoms with Crippen LogP contribution in [0.25, 0.3) is 0 Å². The molecule has 0 fully saturated rings. The Bertz CT molecular complexity index is 535. The lowest BCUT2D eigenvalue weighted by Gasteiger charge is -2.26. The first-order valence-corrected chi connectivity index (χ1v) is 7.66. The van der Waals surface area contributed by atoms with Crippen molar-refractivity contribution < 1.29 is 14.7 Å². The van der Waals surface area contributed by atoms with Crippen molar-refractivity contribution in [3.8, 4) is 0 Å². The van der Waals surface area contributed by atoms with Crippen LogP contribution in [0.15, 0.2) is 22.7 Å². The predicted molar refractivity (Wildman–Crippen MR) is 86.5 cm³/mol. The fourth-order valence-electron chi connectivity index (χ4n) is 2.18. The minimum atomic E-state index is -0.906. The smallest absolute Gasteiger partial charge is 0.305 e. The fourth-order valence-corrected chi connectivity index (χ4v) is 2.43. The molecule has 5 heteroatoms. The summed E-state index contributed by atoms with van der Waals surface area (Å²) >= 11 is 3.39. The summed E-state index contributed by atoms with van der Waals surface area (Å²) in [5.74, 6) is -1.14. The van der Waals surface area contributed by atoms with Gasteiger partial charge in [-0.2, -0.15) is 0 Å². The molecule has 1 aromatic rings. The number of carbonyl (C=O) groups excluding carboxylic acids is 1. The van der Waals surface area contributed by atoms with Gasteiger partial charge in [0.15, 0.2) is 0 Å². The molecule has 2 N–H and O–H groups in total. The molecule has 0 aliphatic heterocycles. The molecule has 1 aromatic carbocycles. The van der Waals surface area contributed by atoms with Crippen LogP contribution in [0.5, 0.6) is 0 Å². The Morgan fingerprint density at radius 3 is 2.43 bits per heavy atom. The van der Waals surface area contributed by atoms with Crippen LogP contribution in [0, 0.1) is 12.3 Å². The molecule has 1 amide bonds. The lowest BCUT2D eigenvalue weighted by molar-refractivity contribution is -0.137. The Labute approximate surface area is 134 Å². The third kappa shape index (κ3) is 6.29. The van der Waals surface area contributed by atoms with E-state index in [4.69, 9.17) is 5.11 Å². The maximum Gasteiger partial charge on any atom is 0.305 e. The Morgan fingerprint density at radius 1 is 1.33 bits per heavy atom. The number of halogens is 1. The van der Waals surface area contributed by atoms with Gasteiger partial charge in [-0.3, -0.25) is 9.59 Å². The first-order chi connectivity index (χ1) is 9.58. The summed E-state index contributed by atoms with van der Waals surface area (Å²) in [7, 11) is 0. The SMILES string of the molecule is Cc1cc(C(=O)NC(CC(=O)O)CC(C)(C)C)ccc1Br. The summed E-state index contributed by atoms with van der Waals surface area (Å²) in [6, 6.07) is 4.95. The highest BCUT2D eigenvalue weighted by Gasteiger charge is 2.23. The van der Waals surface area contributed by atoms with E-state index in [1.807, 2.05) is 33.8 Å². The van der Waals surface area contributed by atoms with Crippen LogP contribution in [-0.4, -0.2) is 23.0 Å². The van der Waals surface area contributed by atoms with E-state index in [2.05, 4.69) is 21.2 Å². The molecule has 0 aromatic heterocycles. The number of nitrogens with one attached hydrogen (secondary N) is 1. The van der Waals surface area contributed by atoms with Gasteiger partial charge >= 0.3 is 5.97 Å². The van der Waals surface area contributed by atoms with Gasteiger partial charge in [0.25, 0.3) is 5.91 Å². The minimum Gasteiger partial charge on any atom is -0.481 e. The Balaban J connectivity index is 2.83. The van der Waals surface area contributed by atoms with Crippen molar-refractivity contribution in [3.63, 3.8) is 0 Å². The van der Waals surface area contributed by atoms with Crippen LogP contribution in [0.1, 0.15) is 49.5 Å². The van der Waals surface area contributed by atoms with Crippen LogP contribution in [0.2, 0.25) is 0 Å². The number of carbonyl (C=O) groups is 2. The molecule has 21 heavy (non-hydrogen) atoms. The number of benzene rings is 1. The second-order valence-corrected chi connectivity index (χ2v) is 7.35. The lowest BCUT2D eigenvalue weighted by Crippen LogP contribution is -2.39. The topological polar surface area (TPSA) is 66.4 Å². The van der Waals surface area contributed by atoms with Crippen LogP contribution in [-0.2, 0) is 4.79 Å². The van der Waals surface area contributed by atoms with E-state index in [9.17, 15) is 9.59 Å². The van der Waals surface area contributed by atoms with Crippen molar-refractivity contribution in [3.05, 3.63) is 33.8 Å². The van der Waals surface area contributed by atoms with E-state index >= 15 is 0 Å². The van der Waals surface area contributed by atoms with Gasteiger partial charge < -0.3 is 10.4 Å². The third-order valence-electron chi connectivity index (χ3n) is 3.04. The highest BCUT2D eigenvalue weighted by molar-refractivity contribution is 9.10. The molecule has 0 radical (unpaired) electrons. The van der Waals surface area contributed by atoms with E-state index in [0.717, 1.165) is 10.0 Å². The average Bonchev–Trinajstić information content (AvgIpc) is 2.29. The fraction of sp³-hybridized carbons (Fsp3) is 0.500. The highest BCUT2D eigenvalue weighted by Crippen LogP contribution is 2.23. The zero-order chi connectivity index (χ0) is 16.2. The van der Waals surface area contributed by atoms with Gasteiger partial charge in [0.05, 0.1) is 6.42 Å². The van der Waals surface area contributed by atoms with Crippen molar-refractivity contribution in [1.29, 1.82) is 0 Å². The van der Waals surface area contributed by atoms with E-state index in [0.29, 0.717) is 12.0 Å². The second-order valence-electron chi connectivity index (χ2n) is 6.50.